The number of pyridine rings is 1. The molecule has 3 atom stereocenters. The number of anilines is 2. The first-order valence-electron chi connectivity index (χ1n) is 18.3. The number of hydrogen-bond donors (Lipinski definition) is 4. The molecule has 3 aromatic rings. The highest BCUT2D eigenvalue weighted by Crippen LogP contribution is 2.33. The Balaban J connectivity index is 1.15. The highest BCUT2D eigenvalue weighted by molar-refractivity contribution is 5.78. The standard InChI is InChI=1S/C38H52N8O4/c1-25-17-26(2)46(43-25)34-19-29(18-33(21-34)45-16-13-32(24-45)41-36(48)7-3-6-35(39)47)30(20-37(49)50)23-44-15-12-27(22-44)8-10-31-11-9-28-5-4-14-40-38(28)42-31/h9,11,17-19,21,27,30,32H,3-8,10,12-16,20,22-24H2,1-2H3,(H2,39,47)(H,40,42)(H,41,48)(H,49,50)/t27-,30-,32?/m1/s1. The van der Waals surface area contributed by atoms with Crippen LogP contribution in [0, 0.1) is 19.8 Å². The maximum atomic E-state index is 12.5. The largest absolute Gasteiger partial charge is 0.481 e. The molecule has 12 nitrogen and oxygen atoms in total. The number of carbonyl (C=O) groups excluding carboxylic acids is 2. The summed E-state index contributed by atoms with van der Waals surface area (Å²) >= 11 is 0. The Bertz CT molecular complexity index is 1690. The minimum atomic E-state index is -0.809. The molecule has 2 saturated heterocycles. The first kappa shape index (κ1) is 35.4. The lowest BCUT2D eigenvalue weighted by atomic mass is 9.93. The molecule has 1 unspecified atom stereocenters. The second-order valence-corrected chi connectivity index (χ2v) is 14.5. The fourth-order valence-electron chi connectivity index (χ4n) is 7.87. The molecule has 5 heterocycles. The van der Waals surface area contributed by atoms with Crippen LogP contribution in [0.2, 0.25) is 0 Å². The summed E-state index contributed by atoms with van der Waals surface area (Å²) in [7, 11) is 0. The van der Waals surface area contributed by atoms with E-state index in [2.05, 4.69) is 50.8 Å². The highest BCUT2D eigenvalue weighted by Gasteiger charge is 2.29. The number of carboxylic acids is 1. The third-order valence-corrected chi connectivity index (χ3v) is 10.4. The van der Waals surface area contributed by atoms with E-state index in [-0.39, 0.29) is 37.1 Å². The van der Waals surface area contributed by atoms with Gasteiger partial charge in [0.05, 0.1) is 17.8 Å². The number of carboxylic acid groups (broad SMARTS) is 1. The Morgan fingerprint density at radius 3 is 2.68 bits per heavy atom. The predicted octanol–water partition coefficient (Wildman–Crippen LogP) is 4.11. The second kappa shape index (κ2) is 16.1. The van der Waals surface area contributed by atoms with Crippen molar-refractivity contribution in [3.63, 3.8) is 0 Å². The summed E-state index contributed by atoms with van der Waals surface area (Å²) in [5.41, 5.74) is 12.5. The van der Waals surface area contributed by atoms with E-state index in [0.29, 0.717) is 25.4 Å². The Morgan fingerprint density at radius 1 is 1.06 bits per heavy atom. The maximum Gasteiger partial charge on any atom is 0.304 e. The molecule has 0 spiro atoms. The summed E-state index contributed by atoms with van der Waals surface area (Å²) in [6.07, 6.45) is 7.12. The highest BCUT2D eigenvalue weighted by atomic mass is 16.4. The average Bonchev–Trinajstić information content (AvgIpc) is 3.82. The van der Waals surface area contributed by atoms with E-state index in [1.807, 2.05) is 24.6 Å². The number of nitrogens with one attached hydrogen (secondary N) is 2. The fourth-order valence-corrected chi connectivity index (χ4v) is 7.87. The van der Waals surface area contributed by atoms with Gasteiger partial charge in [-0.3, -0.25) is 14.4 Å². The van der Waals surface area contributed by atoms with E-state index in [4.69, 9.17) is 15.8 Å². The summed E-state index contributed by atoms with van der Waals surface area (Å²) in [5.74, 6) is 0.124. The van der Waals surface area contributed by atoms with E-state index in [9.17, 15) is 19.5 Å². The molecule has 0 bridgehead atoms. The number of aromatic nitrogens is 3. The maximum absolute atomic E-state index is 12.5. The molecule has 0 radical (unpaired) electrons. The van der Waals surface area contributed by atoms with Crippen molar-refractivity contribution < 1.29 is 19.5 Å². The Morgan fingerprint density at radius 2 is 1.90 bits per heavy atom. The van der Waals surface area contributed by atoms with Crippen LogP contribution >= 0.6 is 0 Å². The number of aryl methyl sites for hydroxylation is 4. The van der Waals surface area contributed by atoms with Gasteiger partial charge in [-0.15, -0.1) is 0 Å². The van der Waals surface area contributed by atoms with Gasteiger partial charge in [0.1, 0.15) is 5.82 Å². The summed E-state index contributed by atoms with van der Waals surface area (Å²) < 4.78 is 1.93. The number of likely N-dealkylation sites (tertiary alicyclic amines) is 1. The van der Waals surface area contributed by atoms with E-state index in [0.717, 1.165) is 105 Å². The summed E-state index contributed by atoms with van der Waals surface area (Å²) in [5, 5.41) is 21.4. The minimum absolute atomic E-state index is 0.0130. The zero-order valence-corrected chi connectivity index (χ0v) is 29.5. The number of nitrogens with two attached hydrogens (primary N) is 1. The fraction of sp³-hybridized carbons (Fsp3) is 0.553. The van der Waals surface area contributed by atoms with Gasteiger partial charge in [-0.1, -0.05) is 6.07 Å². The van der Waals surface area contributed by atoms with Crippen molar-refractivity contribution in [3.05, 3.63) is 64.6 Å². The van der Waals surface area contributed by atoms with Crippen LogP contribution in [-0.2, 0) is 27.2 Å². The molecule has 1 aromatic carbocycles. The molecular formula is C38H52N8O4. The molecule has 2 aromatic heterocycles. The third kappa shape index (κ3) is 9.21. The SMILES string of the molecule is Cc1cc(C)n(-c2cc([C@H](CC(=O)O)CN3CC[C@@H](CCc4ccc5c(n4)NCCC5)C3)cc(N3CCC(NC(=O)CCCC(N)=O)C3)c2)n1. The average molecular weight is 685 g/mol. The molecular weight excluding hydrogens is 632 g/mol. The molecule has 268 valence electrons. The van der Waals surface area contributed by atoms with Gasteiger partial charge in [-0.25, -0.2) is 9.67 Å². The van der Waals surface area contributed by atoms with Crippen LogP contribution in [0.4, 0.5) is 11.5 Å². The van der Waals surface area contributed by atoms with Gasteiger partial charge in [-0.05, 0) is 113 Å². The number of aliphatic carboxylic acids is 1. The Hall–Kier alpha value is -4.45. The minimum Gasteiger partial charge on any atom is -0.481 e. The van der Waals surface area contributed by atoms with Gasteiger partial charge in [0.25, 0.3) is 0 Å². The summed E-state index contributed by atoms with van der Waals surface area (Å²) in [4.78, 5) is 45.5. The molecule has 12 heteroatoms. The number of primary amides is 1. The zero-order valence-electron chi connectivity index (χ0n) is 29.5. The van der Waals surface area contributed by atoms with Gasteiger partial charge in [-0.2, -0.15) is 5.10 Å². The van der Waals surface area contributed by atoms with Crippen molar-refractivity contribution in [1.82, 2.24) is 25.0 Å². The van der Waals surface area contributed by atoms with Gasteiger partial charge < -0.3 is 31.3 Å². The lowest BCUT2D eigenvalue weighted by Crippen LogP contribution is -2.37. The van der Waals surface area contributed by atoms with Gasteiger partial charge >= 0.3 is 5.97 Å². The number of carbonyl (C=O) groups is 3. The number of benzene rings is 1. The lowest BCUT2D eigenvalue weighted by Gasteiger charge is -2.26. The topological polar surface area (TPSA) is 159 Å². The predicted molar refractivity (Wildman–Crippen MR) is 194 cm³/mol. The molecule has 2 amide bonds. The third-order valence-electron chi connectivity index (χ3n) is 10.4. The second-order valence-electron chi connectivity index (χ2n) is 14.5. The van der Waals surface area contributed by atoms with Crippen LogP contribution in [0.15, 0.2) is 36.4 Å². The first-order valence-corrected chi connectivity index (χ1v) is 18.3. The quantitative estimate of drug-likeness (QED) is 0.185. The van der Waals surface area contributed by atoms with Crippen molar-refractivity contribution in [2.45, 2.75) is 90.0 Å². The van der Waals surface area contributed by atoms with Gasteiger partial charge in [0.2, 0.25) is 11.8 Å². The monoisotopic (exact) mass is 684 g/mol. The van der Waals surface area contributed by atoms with E-state index in [1.165, 1.54) is 5.56 Å². The molecule has 0 saturated carbocycles. The number of hydrogen-bond acceptors (Lipinski definition) is 8. The molecule has 2 fully saturated rings. The number of amides is 2. The molecule has 5 N–H and O–H groups in total. The van der Waals surface area contributed by atoms with Gasteiger partial charge in [0, 0.05) is 74.6 Å². The van der Waals surface area contributed by atoms with Crippen molar-refractivity contribution in [2.75, 3.05) is 49.5 Å². The molecule has 0 aliphatic carbocycles. The summed E-state index contributed by atoms with van der Waals surface area (Å²) in [6.45, 7) is 8.98. The lowest BCUT2D eigenvalue weighted by molar-refractivity contribution is -0.137. The molecule has 3 aliphatic heterocycles. The van der Waals surface area contributed by atoms with Crippen LogP contribution in [0.1, 0.15) is 85.5 Å². The first-order chi connectivity index (χ1) is 24.1. The van der Waals surface area contributed by atoms with Gasteiger partial charge in [0.15, 0.2) is 0 Å². The molecule has 50 heavy (non-hydrogen) atoms. The van der Waals surface area contributed by atoms with Crippen LogP contribution in [0.3, 0.4) is 0 Å². The van der Waals surface area contributed by atoms with Crippen molar-refractivity contribution in [1.29, 1.82) is 0 Å². The van der Waals surface area contributed by atoms with E-state index in [1.54, 1.807) is 0 Å². The smallest absolute Gasteiger partial charge is 0.304 e. The number of fused-ring (bicyclic) bond motifs is 1. The summed E-state index contributed by atoms with van der Waals surface area (Å²) in [6, 6.07) is 12.8. The number of nitrogens with zero attached hydrogens (tertiary/aromatic N) is 5. The van der Waals surface area contributed by atoms with Crippen LogP contribution in [0.5, 0.6) is 0 Å². The van der Waals surface area contributed by atoms with Crippen LogP contribution in [0.25, 0.3) is 5.69 Å². The van der Waals surface area contributed by atoms with Crippen LogP contribution < -0.4 is 21.3 Å². The molecule has 3 aliphatic rings. The zero-order chi connectivity index (χ0) is 35.2. The normalized spacial score (nSPS) is 19.6. The Kier molecular flexibility index (Phi) is 11.4. The van der Waals surface area contributed by atoms with Crippen molar-refractivity contribution in [2.24, 2.45) is 11.7 Å². The van der Waals surface area contributed by atoms with Crippen LogP contribution in [-0.4, -0.2) is 87.9 Å². The van der Waals surface area contributed by atoms with Crippen molar-refractivity contribution >= 4 is 29.3 Å². The Labute approximate surface area is 294 Å². The number of rotatable bonds is 15. The van der Waals surface area contributed by atoms with E-state index >= 15 is 0 Å². The van der Waals surface area contributed by atoms with E-state index < -0.39 is 11.9 Å². The molecule has 6 rings (SSSR count). The van der Waals surface area contributed by atoms with Crippen molar-refractivity contribution in [3.8, 4) is 5.69 Å².